The molecule has 0 aromatic heterocycles. The molecule has 1 rings (SSSR count). The van der Waals surface area contributed by atoms with E-state index >= 15 is 0 Å². The van der Waals surface area contributed by atoms with E-state index in [4.69, 9.17) is 10.5 Å². The van der Waals surface area contributed by atoms with Gasteiger partial charge >= 0.3 is 0 Å². The first-order chi connectivity index (χ1) is 9.08. The molecule has 4 nitrogen and oxygen atoms in total. The van der Waals surface area contributed by atoms with Crippen molar-refractivity contribution in [1.29, 1.82) is 0 Å². The number of carbonyl (C=O) groups excluding carboxylic acids is 1. The maximum atomic E-state index is 12.1. The molecule has 1 aromatic rings. The Hall–Kier alpha value is -1.83. The molecule has 1 atom stereocenters. The number of ether oxygens (including phenoxy) is 1. The van der Waals surface area contributed by atoms with Gasteiger partial charge in [0, 0.05) is 24.3 Å². The molecular weight excluding hydrogens is 240 g/mol. The van der Waals surface area contributed by atoms with Crippen LogP contribution in [-0.4, -0.2) is 32.2 Å². The molecular formula is C15H20N2O2. The van der Waals surface area contributed by atoms with Crippen molar-refractivity contribution in [3.63, 3.8) is 0 Å². The maximum Gasteiger partial charge on any atom is 0.251 e. The molecule has 0 radical (unpaired) electrons. The average Bonchev–Trinajstić information content (AvgIpc) is 2.37. The van der Waals surface area contributed by atoms with Crippen molar-refractivity contribution in [2.45, 2.75) is 19.9 Å². The average molecular weight is 260 g/mol. The van der Waals surface area contributed by atoms with Gasteiger partial charge in [0.05, 0.1) is 13.2 Å². The molecule has 0 saturated heterocycles. The van der Waals surface area contributed by atoms with Crippen LogP contribution in [-0.2, 0) is 4.74 Å². The number of aryl methyl sites for hydroxylation is 1. The van der Waals surface area contributed by atoms with Crippen molar-refractivity contribution in [3.8, 4) is 11.8 Å². The first-order valence-corrected chi connectivity index (χ1v) is 6.18. The van der Waals surface area contributed by atoms with Crippen LogP contribution in [0.4, 0.5) is 0 Å². The first-order valence-electron chi connectivity index (χ1n) is 6.18. The van der Waals surface area contributed by atoms with E-state index in [2.05, 4.69) is 17.2 Å². The van der Waals surface area contributed by atoms with Crippen LogP contribution in [0.15, 0.2) is 18.2 Å². The Balaban J connectivity index is 2.89. The summed E-state index contributed by atoms with van der Waals surface area (Å²) in [4.78, 5) is 12.1. The Labute approximate surface area is 114 Å². The SMILES string of the molecule is COCC(C)NC(=O)c1cc(C#CCN)ccc1C. The molecule has 0 bridgehead atoms. The highest BCUT2D eigenvalue weighted by molar-refractivity contribution is 5.96. The van der Waals surface area contributed by atoms with Gasteiger partial charge in [0.1, 0.15) is 0 Å². The van der Waals surface area contributed by atoms with Gasteiger partial charge in [-0.05, 0) is 31.5 Å². The molecule has 0 saturated carbocycles. The molecule has 0 heterocycles. The van der Waals surface area contributed by atoms with Crippen LogP contribution in [0.5, 0.6) is 0 Å². The highest BCUT2D eigenvalue weighted by Crippen LogP contribution is 2.11. The molecule has 4 heteroatoms. The quantitative estimate of drug-likeness (QED) is 0.796. The summed E-state index contributed by atoms with van der Waals surface area (Å²) in [6, 6.07) is 5.52. The minimum atomic E-state index is -0.113. The van der Waals surface area contributed by atoms with Gasteiger partial charge in [0.15, 0.2) is 0 Å². The zero-order valence-electron chi connectivity index (χ0n) is 11.6. The third kappa shape index (κ3) is 4.74. The minimum Gasteiger partial charge on any atom is -0.383 e. The van der Waals surface area contributed by atoms with Crippen LogP contribution < -0.4 is 11.1 Å². The fourth-order valence-electron chi connectivity index (χ4n) is 1.69. The van der Waals surface area contributed by atoms with E-state index in [0.717, 1.165) is 11.1 Å². The molecule has 1 unspecified atom stereocenters. The summed E-state index contributed by atoms with van der Waals surface area (Å²) >= 11 is 0. The van der Waals surface area contributed by atoms with Gasteiger partial charge in [-0.25, -0.2) is 0 Å². The number of amides is 1. The largest absolute Gasteiger partial charge is 0.383 e. The predicted octanol–water partition coefficient (Wildman–Crippen LogP) is 1.07. The van der Waals surface area contributed by atoms with Gasteiger partial charge in [-0.2, -0.15) is 0 Å². The molecule has 19 heavy (non-hydrogen) atoms. The lowest BCUT2D eigenvalue weighted by Crippen LogP contribution is -2.35. The molecule has 0 aliphatic rings. The van der Waals surface area contributed by atoms with E-state index in [-0.39, 0.29) is 11.9 Å². The number of nitrogens with two attached hydrogens (primary N) is 1. The number of hydrogen-bond acceptors (Lipinski definition) is 3. The van der Waals surface area contributed by atoms with Crippen molar-refractivity contribution >= 4 is 5.91 Å². The van der Waals surface area contributed by atoms with Crippen LogP contribution in [0.25, 0.3) is 0 Å². The Morgan fingerprint density at radius 3 is 2.89 bits per heavy atom. The van der Waals surface area contributed by atoms with Crippen LogP contribution in [0.1, 0.15) is 28.4 Å². The fourth-order valence-corrected chi connectivity index (χ4v) is 1.69. The van der Waals surface area contributed by atoms with Crippen LogP contribution >= 0.6 is 0 Å². The molecule has 1 amide bonds. The standard InChI is InChI=1S/C15H20N2O2/c1-11-6-7-13(5-4-8-16)9-14(11)15(18)17-12(2)10-19-3/h6-7,9,12H,8,10,16H2,1-3H3,(H,17,18). The monoisotopic (exact) mass is 260 g/mol. The molecule has 3 N–H and O–H groups in total. The summed E-state index contributed by atoms with van der Waals surface area (Å²) in [5.74, 6) is 5.59. The second-order valence-electron chi connectivity index (χ2n) is 4.37. The summed E-state index contributed by atoms with van der Waals surface area (Å²) in [5, 5.41) is 2.88. The maximum absolute atomic E-state index is 12.1. The first kappa shape index (κ1) is 15.2. The van der Waals surface area contributed by atoms with E-state index in [0.29, 0.717) is 18.7 Å². The Kier molecular flexibility index (Phi) is 6.07. The minimum absolute atomic E-state index is 0.0318. The highest BCUT2D eigenvalue weighted by atomic mass is 16.5. The van der Waals surface area contributed by atoms with Crippen molar-refractivity contribution < 1.29 is 9.53 Å². The lowest BCUT2D eigenvalue weighted by Gasteiger charge is -2.14. The van der Waals surface area contributed by atoms with E-state index in [1.807, 2.05) is 26.0 Å². The smallest absolute Gasteiger partial charge is 0.251 e. The van der Waals surface area contributed by atoms with Gasteiger partial charge in [-0.3, -0.25) is 4.79 Å². The number of rotatable bonds is 4. The Bertz CT molecular complexity index is 501. The van der Waals surface area contributed by atoms with Crippen molar-refractivity contribution in [2.75, 3.05) is 20.3 Å². The topological polar surface area (TPSA) is 64.3 Å². The van der Waals surface area contributed by atoms with Gasteiger partial charge in [0.25, 0.3) is 5.91 Å². The van der Waals surface area contributed by atoms with Crippen LogP contribution in [0, 0.1) is 18.8 Å². The number of hydrogen-bond donors (Lipinski definition) is 2. The molecule has 0 spiro atoms. The molecule has 0 aliphatic heterocycles. The van der Waals surface area contributed by atoms with Crippen LogP contribution in [0.2, 0.25) is 0 Å². The van der Waals surface area contributed by atoms with Gasteiger partial charge in [-0.1, -0.05) is 17.9 Å². The second-order valence-corrected chi connectivity index (χ2v) is 4.37. The second kappa shape index (κ2) is 7.57. The lowest BCUT2D eigenvalue weighted by molar-refractivity contribution is 0.0905. The summed E-state index contributed by atoms with van der Waals surface area (Å²) in [6.45, 7) is 4.59. The summed E-state index contributed by atoms with van der Waals surface area (Å²) < 4.78 is 5.00. The molecule has 102 valence electrons. The fraction of sp³-hybridized carbons (Fsp3) is 0.400. The number of benzene rings is 1. The zero-order valence-corrected chi connectivity index (χ0v) is 11.6. The third-order valence-corrected chi connectivity index (χ3v) is 2.61. The number of carbonyl (C=O) groups is 1. The molecule has 1 aromatic carbocycles. The zero-order chi connectivity index (χ0) is 14.3. The van der Waals surface area contributed by atoms with E-state index in [1.54, 1.807) is 13.2 Å². The summed E-state index contributed by atoms with van der Waals surface area (Å²) in [7, 11) is 1.61. The van der Waals surface area contributed by atoms with Gasteiger partial charge in [0.2, 0.25) is 0 Å². The summed E-state index contributed by atoms with van der Waals surface area (Å²) in [5.41, 5.74) is 7.68. The number of nitrogens with one attached hydrogen (secondary N) is 1. The number of methoxy groups -OCH3 is 1. The highest BCUT2D eigenvalue weighted by Gasteiger charge is 2.12. The molecule has 0 aliphatic carbocycles. The van der Waals surface area contributed by atoms with E-state index < -0.39 is 0 Å². The van der Waals surface area contributed by atoms with E-state index in [1.165, 1.54) is 0 Å². The Morgan fingerprint density at radius 1 is 1.53 bits per heavy atom. The third-order valence-electron chi connectivity index (χ3n) is 2.61. The normalized spacial score (nSPS) is 11.4. The Morgan fingerprint density at radius 2 is 2.26 bits per heavy atom. The van der Waals surface area contributed by atoms with Gasteiger partial charge in [-0.15, -0.1) is 0 Å². The summed E-state index contributed by atoms with van der Waals surface area (Å²) in [6.07, 6.45) is 0. The van der Waals surface area contributed by atoms with Crippen molar-refractivity contribution in [1.82, 2.24) is 5.32 Å². The van der Waals surface area contributed by atoms with E-state index in [9.17, 15) is 4.79 Å². The lowest BCUT2D eigenvalue weighted by atomic mass is 10.0. The van der Waals surface area contributed by atoms with Crippen molar-refractivity contribution in [3.05, 3.63) is 34.9 Å². The van der Waals surface area contributed by atoms with Gasteiger partial charge < -0.3 is 15.8 Å². The van der Waals surface area contributed by atoms with Crippen molar-refractivity contribution in [2.24, 2.45) is 5.73 Å². The molecule has 0 fully saturated rings. The predicted molar refractivity (Wildman–Crippen MR) is 75.9 cm³/mol. The van der Waals surface area contributed by atoms with Crippen LogP contribution in [0.3, 0.4) is 0 Å².